The molecule has 1 heterocycles. The van der Waals surface area contributed by atoms with E-state index in [2.05, 4.69) is 41.6 Å². The summed E-state index contributed by atoms with van der Waals surface area (Å²) in [6.07, 6.45) is 7.04. The molecule has 24 heavy (non-hydrogen) atoms. The summed E-state index contributed by atoms with van der Waals surface area (Å²) in [7, 11) is 0. The number of amides is 1. The van der Waals surface area contributed by atoms with Crippen molar-refractivity contribution in [2.75, 3.05) is 0 Å². The molecule has 6 nitrogen and oxygen atoms in total. The molecule has 7 heteroatoms. The first-order chi connectivity index (χ1) is 11.4. The van der Waals surface area contributed by atoms with Gasteiger partial charge in [-0.05, 0) is 54.4 Å². The van der Waals surface area contributed by atoms with Gasteiger partial charge in [-0.3, -0.25) is 4.79 Å². The number of thioether (sulfide) groups is 1. The molecule has 2 fully saturated rings. The molecule has 2 aliphatic rings. The third-order valence-corrected chi connectivity index (χ3v) is 6.26. The lowest BCUT2D eigenvalue weighted by molar-refractivity contribution is -0.122. The summed E-state index contributed by atoms with van der Waals surface area (Å²) >= 11 is 1.47. The molecule has 0 saturated heterocycles. The van der Waals surface area contributed by atoms with Gasteiger partial charge in [0.2, 0.25) is 11.1 Å². The van der Waals surface area contributed by atoms with E-state index in [1.165, 1.54) is 31.0 Å². The highest BCUT2D eigenvalue weighted by atomic mass is 32.2. The Bertz CT molecular complexity index is 578. The molecule has 1 amide bonds. The topological polar surface area (TPSA) is 72.7 Å². The van der Waals surface area contributed by atoms with E-state index in [1.54, 1.807) is 0 Å². The van der Waals surface area contributed by atoms with Crippen LogP contribution in [0.5, 0.6) is 0 Å². The van der Waals surface area contributed by atoms with Crippen LogP contribution in [0.4, 0.5) is 0 Å². The number of hydrogen-bond acceptors (Lipinski definition) is 5. The zero-order valence-electron chi connectivity index (χ0n) is 15.2. The normalized spacial score (nSPS) is 26.2. The van der Waals surface area contributed by atoms with Gasteiger partial charge in [-0.2, -0.15) is 0 Å². The predicted octanol–water partition coefficient (Wildman–Crippen LogP) is 3.21. The number of hydrogen-bond donors (Lipinski definition) is 1. The molecule has 0 aromatic carbocycles. The summed E-state index contributed by atoms with van der Waals surface area (Å²) in [6.45, 7) is 8.79. The van der Waals surface area contributed by atoms with E-state index >= 15 is 0 Å². The van der Waals surface area contributed by atoms with Gasteiger partial charge in [0.25, 0.3) is 0 Å². The zero-order chi connectivity index (χ0) is 17.3. The van der Waals surface area contributed by atoms with Crippen molar-refractivity contribution in [1.29, 1.82) is 0 Å². The predicted molar refractivity (Wildman–Crippen MR) is 94.8 cm³/mol. The highest BCUT2D eigenvalue weighted by Gasteiger charge is 2.36. The lowest BCUT2D eigenvalue weighted by Crippen LogP contribution is -2.48. The second-order valence-electron chi connectivity index (χ2n) is 8.27. The molecule has 0 aliphatic heterocycles. The van der Waals surface area contributed by atoms with Crippen LogP contribution in [0.15, 0.2) is 5.16 Å². The quantitative estimate of drug-likeness (QED) is 0.825. The van der Waals surface area contributed by atoms with Gasteiger partial charge in [0.05, 0.1) is 11.3 Å². The average Bonchev–Trinajstić information content (AvgIpc) is 3.26. The Morgan fingerprint density at radius 2 is 1.96 bits per heavy atom. The van der Waals surface area contributed by atoms with Crippen molar-refractivity contribution >= 4 is 17.7 Å². The Morgan fingerprint density at radius 3 is 2.62 bits per heavy atom. The Morgan fingerprint density at radius 1 is 1.25 bits per heavy atom. The van der Waals surface area contributed by atoms with Crippen molar-refractivity contribution in [2.24, 2.45) is 11.3 Å². The minimum absolute atomic E-state index is 0.103. The number of nitrogens with zero attached hydrogens (tertiary/aromatic N) is 4. The van der Waals surface area contributed by atoms with Crippen LogP contribution in [0.1, 0.15) is 72.3 Å². The first-order valence-corrected chi connectivity index (χ1v) is 9.99. The number of tetrazole rings is 1. The molecule has 134 valence electrons. The summed E-state index contributed by atoms with van der Waals surface area (Å²) in [5.41, 5.74) is 0.227. The molecule has 0 bridgehead atoms. The molecule has 1 aromatic heterocycles. The third kappa shape index (κ3) is 4.10. The van der Waals surface area contributed by atoms with Crippen molar-refractivity contribution in [3.63, 3.8) is 0 Å². The van der Waals surface area contributed by atoms with Crippen molar-refractivity contribution in [1.82, 2.24) is 25.5 Å². The minimum Gasteiger partial charge on any atom is -0.352 e. The summed E-state index contributed by atoms with van der Waals surface area (Å²) in [5.74, 6) is 0.649. The van der Waals surface area contributed by atoms with Crippen LogP contribution in [-0.2, 0) is 4.79 Å². The Labute approximate surface area is 148 Å². The average molecular weight is 352 g/mol. The first-order valence-electron chi connectivity index (χ1n) is 9.11. The van der Waals surface area contributed by atoms with E-state index in [4.69, 9.17) is 0 Å². The summed E-state index contributed by atoms with van der Waals surface area (Å²) in [6, 6.07) is 0.718. The third-order valence-electron chi connectivity index (χ3n) is 5.21. The van der Waals surface area contributed by atoms with Crippen molar-refractivity contribution < 1.29 is 4.79 Å². The van der Waals surface area contributed by atoms with Gasteiger partial charge < -0.3 is 5.32 Å². The number of rotatable bonds is 5. The van der Waals surface area contributed by atoms with Gasteiger partial charge in [0.1, 0.15) is 0 Å². The molecular weight excluding hydrogens is 322 g/mol. The minimum atomic E-state index is -0.184. The lowest BCUT2D eigenvalue weighted by Gasteiger charge is -2.41. The number of aromatic nitrogens is 4. The molecule has 3 atom stereocenters. The zero-order valence-corrected chi connectivity index (χ0v) is 16.0. The lowest BCUT2D eigenvalue weighted by atomic mass is 9.69. The van der Waals surface area contributed by atoms with Crippen LogP contribution in [0.25, 0.3) is 0 Å². The first kappa shape index (κ1) is 17.7. The fourth-order valence-corrected chi connectivity index (χ4v) is 4.53. The van der Waals surface area contributed by atoms with Crippen LogP contribution >= 0.6 is 11.8 Å². The maximum absolute atomic E-state index is 12.7. The molecule has 2 aliphatic carbocycles. The highest BCUT2D eigenvalue weighted by Crippen LogP contribution is 2.39. The monoisotopic (exact) mass is 351 g/mol. The molecule has 0 radical (unpaired) electrons. The summed E-state index contributed by atoms with van der Waals surface area (Å²) < 4.78 is 1.87. The molecule has 1 N–H and O–H groups in total. The van der Waals surface area contributed by atoms with E-state index in [1.807, 2.05) is 11.6 Å². The fourth-order valence-electron chi connectivity index (χ4n) is 3.66. The Balaban J connectivity index is 1.59. The van der Waals surface area contributed by atoms with E-state index in [9.17, 15) is 4.79 Å². The standard InChI is InChI=1S/C17H29N5OS/c1-11(24-16-19-20-21-22(16)12-9-10-12)15(23)18-14-8-6-5-7-13(14)17(2,3)4/h11-14H,5-10H2,1-4H3,(H,18,23). The number of carbonyl (C=O) groups is 1. The van der Waals surface area contributed by atoms with Gasteiger partial charge in [-0.25, -0.2) is 4.68 Å². The second-order valence-corrected chi connectivity index (χ2v) is 9.58. The summed E-state index contributed by atoms with van der Waals surface area (Å²) in [4.78, 5) is 12.7. The molecule has 3 rings (SSSR count). The largest absolute Gasteiger partial charge is 0.352 e. The van der Waals surface area contributed by atoms with Gasteiger partial charge in [-0.1, -0.05) is 45.4 Å². The van der Waals surface area contributed by atoms with Crippen molar-refractivity contribution in [3.05, 3.63) is 0 Å². The molecule has 0 spiro atoms. The van der Waals surface area contributed by atoms with E-state index in [0.717, 1.165) is 24.4 Å². The maximum Gasteiger partial charge on any atom is 0.233 e. The van der Waals surface area contributed by atoms with Crippen LogP contribution in [0.2, 0.25) is 0 Å². The van der Waals surface area contributed by atoms with Crippen LogP contribution in [0, 0.1) is 11.3 Å². The van der Waals surface area contributed by atoms with Crippen molar-refractivity contribution in [2.45, 2.75) is 88.7 Å². The van der Waals surface area contributed by atoms with Crippen LogP contribution in [0.3, 0.4) is 0 Å². The smallest absolute Gasteiger partial charge is 0.233 e. The van der Waals surface area contributed by atoms with Gasteiger partial charge in [-0.15, -0.1) is 5.10 Å². The molecule has 2 saturated carbocycles. The van der Waals surface area contributed by atoms with E-state index in [-0.39, 0.29) is 22.6 Å². The van der Waals surface area contributed by atoms with E-state index in [0.29, 0.717) is 12.0 Å². The summed E-state index contributed by atoms with van der Waals surface area (Å²) in [5, 5.41) is 15.8. The number of carbonyl (C=O) groups excluding carboxylic acids is 1. The van der Waals surface area contributed by atoms with Crippen molar-refractivity contribution in [3.8, 4) is 0 Å². The Hall–Kier alpha value is -1.11. The van der Waals surface area contributed by atoms with Gasteiger partial charge >= 0.3 is 0 Å². The SMILES string of the molecule is CC(Sc1nnnn1C1CC1)C(=O)NC1CCCCC1C(C)(C)C. The van der Waals surface area contributed by atoms with Crippen LogP contribution in [-0.4, -0.2) is 37.4 Å². The molecular formula is C17H29N5OS. The highest BCUT2D eigenvalue weighted by molar-refractivity contribution is 8.00. The van der Waals surface area contributed by atoms with E-state index < -0.39 is 0 Å². The fraction of sp³-hybridized carbons (Fsp3) is 0.882. The van der Waals surface area contributed by atoms with Gasteiger partial charge in [0.15, 0.2) is 0 Å². The number of nitrogens with one attached hydrogen (secondary N) is 1. The molecule has 3 unspecified atom stereocenters. The van der Waals surface area contributed by atoms with Crippen LogP contribution < -0.4 is 5.32 Å². The Kier molecular flexibility index (Phi) is 5.18. The molecule has 1 aromatic rings. The second kappa shape index (κ2) is 7.02. The maximum atomic E-state index is 12.7. The van der Waals surface area contributed by atoms with Gasteiger partial charge in [0, 0.05) is 6.04 Å².